The number of likely N-dealkylation sites (tertiary alicyclic amines) is 1. The lowest BCUT2D eigenvalue weighted by molar-refractivity contribution is -0.138. The predicted octanol–water partition coefficient (Wildman–Crippen LogP) is 4.07. The molecule has 1 aromatic rings. The average Bonchev–Trinajstić information content (AvgIpc) is 2.98. The lowest BCUT2D eigenvalue weighted by Gasteiger charge is -2.29. The Kier molecular flexibility index (Phi) is 5.43. The second-order valence-electron chi connectivity index (χ2n) is 5.38. The quantitative estimate of drug-likeness (QED) is 0.604. The molecule has 0 bridgehead atoms. The third-order valence-corrected chi connectivity index (χ3v) is 4.13. The molecule has 0 N–H and O–H groups in total. The monoisotopic (exact) mass is 287 g/mol. The second kappa shape index (κ2) is 7.30. The Balaban J connectivity index is 2.28. The molecular weight excluding hydrogens is 262 g/mol. The first-order valence-electron chi connectivity index (χ1n) is 7.89. The molecular formula is C18H25NO2. The van der Waals surface area contributed by atoms with Gasteiger partial charge in [0.1, 0.15) is 0 Å². The lowest BCUT2D eigenvalue weighted by atomic mass is 10.0. The van der Waals surface area contributed by atoms with Crippen LogP contribution in [0.2, 0.25) is 0 Å². The van der Waals surface area contributed by atoms with Gasteiger partial charge in [-0.3, -0.25) is 0 Å². The minimum atomic E-state index is -0.151. The van der Waals surface area contributed by atoms with E-state index in [9.17, 15) is 4.79 Å². The molecule has 0 spiro atoms. The van der Waals surface area contributed by atoms with E-state index in [2.05, 4.69) is 36.1 Å². The Bertz CT molecular complexity index is 507. The van der Waals surface area contributed by atoms with Crippen LogP contribution >= 0.6 is 0 Å². The van der Waals surface area contributed by atoms with E-state index in [0.29, 0.717) is 12.6 Å². The largest absolute Gasteiger partial charge is 0.463 e. The van der Waals surface area contributed by atoms with E-state index in [-0.39, 0.29) is 5.97 Å². The topological polar surface area (TPSA) is 29.5 Å². The Hall–Kier alpha value is -1.77. The van der Waals surface area contributed by atoms with Crippen LogP contribution in [0.15, 0.2) is 41.6 Å². The molecule has 0 amide bonds. The van der Waals surface area contributed by atoms with Gasteiger partial charge in [0.05, 0.1) is 18.2 Å². The van der Waals surface area contributed by atoms with Gasteiger partial charge >= 0.3 is 5.97 Å². The highest BCUT2D eigenvalue weighted by molar-refractivity contribution is 5.89. The molecule has 114 valence electrons. The summed E-state index contributed by atoms with van der Waals surface area (Å²) in [5.41, 5.74) is 3.31. The third-order valence-electron chi connectivity index (χ3n) is 4.13. The zero-order chi connectivity index (χ0) is 15.2. The van der Waals surface area contributed by atoms with Crippen LogP contribution in [-0.2, 0) is 9.53 Å². The maximum Gasteiger partial charge on any atom is 0.335 e. The van der Waals surface area contributed by atoms with E-state index in [1.165, 1.54) is 11.3 Å². The van der Waals surface area contributed by atoms with Crippen LogP contribution in [0.25, 0.3) is 0 Å². The van der Waals surface area contributed by atoms with Crippen LogP contribution < -0.4 is 0 Å². The molecule has 1 atom stereocenters. The summed E-state index contributed by atoms with van der Waals surface area (Å²) < 4.78 is 5.22. The molecule has 0 aliphatic carbocycles. The smallest absolute Gasteiger partial charge is 0.335 e. The molecule has 1 aliphatic heterocycles. The number of ether oxygens (including phenoxy) is 1. The molecule has 1 aromatic carbocycles. The number of carbonyl (C=O) groups excluding carboxylic acids is 1. The van der Waals surface area contributed by atoms with Crippen LogP contribution in [0.4, 0.5) is 0 Å². The lowest BCUT2D eigenvalue weighted by Crippen LogP contribution is -2.25. The predicted molar refractivity (Wildman–Crippen MR) is 84.7 cm³/mol. The van der Waals surface area contributed by atoms with Crippen LogP contribution in [0, 0.1) is 0 Å². The molecule has 0 aromatic heterocycles. The van der Waals surface area contributed by atoms with Gasteiger partial charge in [-0.15, -0.1) is 0 Å². The number of esters is 1. The molecule has 0 radical (unpaired) electrons. The minimum absolute atomic E-state index is 0.151. The van der Waals surface area contributed by atoms with E-state index in [0.717, 1.165) is 31.4 Å². The number of carbonyl (C=O) groups is 1. The van der Waals surface area contributed by atoms with Crippen molar-refractivity contribution in [3.05, 3.63) is 47.2 Å². The van der Waals surface area contributed by atoms with Gasteiger partial charge in [-0.1, -0.05) is 37.3 Å². The summed E-state index contributed by atoms with van der Waals surface area (Å²) >= 11 is 0. The zero-order valence-electron chi connectivity index (χ0n) is 13.3. The van der Waals surface area contributed by atoms with Gasteiger partial charge < -0.3 is 9.64 Å². The molecule has 1 heterocycles. The van der Waals surface area contributed by atoms with Crippen molar-refractivity contribution < 1.29 is 9.53 Å². The number of hydrogen-bond acceptors (Lipinski definition) is 3. The molecule has 21 heavy (non-hydrogen) atoms. The average molecular weight is 287 g/mol. The summed E-state index contributed by atoms with van der Waals surface area (Å²) in [6, 6.07) is 10.8. The number of benzene rings is 1. The molecule has 1 aliphatic rings. The van der Waals surface area contributed by atoms with E-state index in [4.69, 9.17) is 4.74 Å². The molecule has 2 rings (SSSR count). The second-order valence-corrected chi connectivity index (χ2v) is 5.38. The van der Waals surface area contributed by atoms with E-state index in [1.54, 1.807) is 0 Å². The standard InChI is InChI=1S/C18H25NO2/c1-4-16(18(20)21-5-2)17-12-9-13-19(17)14(3)15-10-7-6-8-11-15/h6-8,10-11,14H,4-5,9,12-13H2,1-3H3/b17-16-/t14-/m0/s1. The molecule has 3 nitrogen and oxygen atoms in total. The molecule has 1 saturated heterocycles. The SMILES string of the molecule is CCOC(=O)/C(CC)=C1/CCCN1[C@@H](C)c1ccccc1. The van der Waals surface area contributed by atoms with Gasteiger partial charge in [0.25, 0.3) is 0 Å². The summed E-state index contributed by atoms with van der Waals surface area (Å²) in [6.45, 7) is 7.54. The number of hydrogen-bond donors (Lipinski definition) is 0. The van der Waals surface area contributed by atoms with Gasteiger partial charge in [0.15, 0.2) is 0 Å². The van der Waals surface area contributed by atoms with E-state index < -0.39 is 0 Å². The van der Waals surface area contributed by atoms with Crippen molar-refractivity contribution in [1.29, 1.82) is 0 Å². The Morgan fingerprint density at radius 2 is 2.00 bits per heavy atom. The number of nitrogens with zero attached hydrogens (tertiary/aromatic N) is 1. The van der Waals surface area contributed by atoms with Gasteiger partial charge in [-0.2, -0.15) is 0 Å². The first-order valence-corrected chi connectivity index (χ1v) is 7.89. The highest BCUT2D eigenvalue weighted by atomic mass is 16.5. The fourth-order valence-corrected chi connectivity index (χ4v) is 3.04. The first-order chi connectivity index (χ1) is 10.2. The highest BCUT2D eigenvalue weighted by Crippen LogP contribution is 2.34. The molecule has 3 heteroatoms. The Morgan fingerprint density at radius 1 is 1.29 bits per heavy atom. The van der Waals surface area contributed by atoms with Crippen LogP contribution in [0.5, 0.6) is 0 Å². The van der Waals surface area contributed by atoms with E-state index in [1.807, 2.05) is 19.9 Å². The Labute approximate surface area is 127 Å². The molecule has 1 fully saturated rings. The number of rotatable bonds is 5. The molecule has 0 unspecified atom stereocenters. The van der Waals surface area contributed by atoms with Crippen LogP contribution in [-0.4, -0.2) is 24.0 Å². The van der Waals surface area contributed by atoms with Crippen molar-refractivity contribution in [3.63, 3.8) is 0 Å². The van der Waals surface area contributed by atoms with Crippen LogP contribution in [0.3, 0.4) is 0 Å². The van der Waals surface area contributed by atoms with Crippen molar-refractivity contribution in [3.8, 4) is 0 Å². The highest BCUT2D eigenvalue weighted by Gasteiger charge is 2.28. The maximum absolute atomic E-state index is 12.2. The normalized spacial score (nSPS) is 18.5. The van der Waals surface area contributed by atoms with E-state index >= 15 is 0 Å². The first kappa shape index (κ1) is 15.6. The summed E-state index contributed by atoms with van der Waals surface area (Å²) in [6.07, 6.45) is 2.81. The number of allylic oxidation sites excluding steroid dienone is 1. The van der Waals surface area contributed by atoms with Crippen molar-refractivity contribution in [2.24, 2.45) is 0 Å². The summed E-state index contributed by atoms with van der Waals surface area (Å²) in [5.74, 6) is -0.151. The van der Waals surface area contributed by atoms with Gasteiger partial charge in [0.2, 0.25) is 0 Å². The van der Waals surface area contributed by atoms with Crippen molar-refractivity contribution in [1.82, 2.24) is 4.90 Å². The fourth-order valence-electron chi connectivity index (χ4n) is 3.04. The van der Waals surface area contributed by atoms with Crippen molar-refractivity contribution in [2.75, 3.05) is 13.2 Å². The van der Waals surface area contributed by atoms with Gasteiger partial charge in [-0.05, 0) is 38.7 Å². The fraction of sp³-hybridized carbons (Fsp3) is 0.500. The summed E-state index contributed by atoms with van der Waals surface area (Å²) in [7, 11) is 0. The van der Waals surface area contributed by atoms with Crippen molar-refractivity contribution in [2.45, 2.75) is 46.1 Å². The summed E-state index contributed by atoms with van der Waals surface area (Å²) in [4.78, 5) is 14.5. The third kappa shape index (κ3) is 3.46. The van der Waals surface area contributed by atoms with Gasteiger partial charge in [0, 0.05) is 12.2 Å². The van der Waals surface area contributed by atoms with Gasteiger partial charge in [-0.25, -0.2) is 4.79 Å². The maximum atomic E-state index is 12.2. The van der Waals surface area contributed by atoms with Crippen molar-refractivity contribution >= 4 is 5.97 Å². The summed E-state index contributed by atoms with van der Waals surface area (Å²) in [5, 5.41) is 0. The minimum Gasteiger partial charge on any atom is -0.463 e. The zero-order valence-corrected chi connectivity index (χ0v) is 13.3. The molecule has 0 saturated carbocycles. The Morgan fingerprint density at radius 3 is 2.62 bits per heavy atom. The van der Waals surface area contributed by atoms with Crippen LogP contribution in [0.1, 0.15) is 51.6 Å².